The monoisotopic (exact) mass is 812 g/mol. The van der Waals surface area contributed by atoms with E-state index in [9.17, 15) is 34.5 Å². The molecule has 6 saturated carbocycles. The molecular weight excluding hydrogens is 745 g/mol. The Kier molecular flexibility index (Phi) is 11.4. The number of phenols is 1. The van der Waals surface area contributed by atoms with Crippen molar-refractivity contribution in [1.82, 2.24) is 0 Å². The maximum Gasteiger partial charge on any atom is 0.306 e. The Hall–Kier alpha value is -3.30. The van der Waals surface area contributed by atoms with Crippen molar-refractivity contribution >= 4 is 23.5 Å². The number of carbonyl (C=O) groups is 4. The smallest absolute Gasteiger partial charge is 0.306 e. The Bertz CT molecular complexity index is 1890. The van der Waals surface area contributed by atoms with Gasteiger partial charge in [-0.05, 0) is 147 Å². The summed E-state index contributed by atoms with van der Waals surface area (Å²) in [5.41, 5.74) is 1.26. The first-order chi connectivity index (χ1) is 28.0. The fourth-order valence-electron chi connectivity index (χ4n) is 15.1. The van der Waals surface area contributed by atoms with Crippen LogP contribution in [0.1, 0.15) is 148 Å². The molecule has 0 unspecified atom stereocenters. The van der Waals surface area contributed by atoms with Gasteiger partial charge in [0.2, 0.25) is 5.78 Å². The van der Waals surface area contributed by atoms with E-state index in [4.69, 9.17) is 9.47 Å². The predicted molar refractivity (Wildman–Crippen MR) is 223 cm³/mol. The van der Waals surface area contributed by atoms with Gasteiger partial charge in [-0.1, -0.05) is 71.1 Å². The molecule has 6 fully saturated rings. The van der Waals surface area contributed by atoms with Crippen LogP contribution in [-0.2, 0) is 35.1 Å². The normalized spacial score (nSPS) is 41.8. The summed E-state index contributed by atoms with van der Waals surface area (Å²) in [6.45, 7) is 9.34. The van der Waals surface area contributed by atoms with E-state index < -0.39 is 40.9 Å². The molecule has 59 heavy (non-hydrogen) atoms. The molecule has 1 aromatic carbocycles. The average molecular weight is 813 g/mol. The van der Waals surface area contributed by atoms with Crippen molar-refractivity contribution in [3.8, 4) is 5.75 Å². The van der Waals surface area contributed by atoms with Gasteiger partial charge in [-0.25, -0.2) is 0 Å². The number of fused-ring (bicyclic) bond motifs is 10. The molecule has 9 nitrogen and oxygen atoms in total. The topological polar surface area (TPSA) is 147 Å². The van der Waals surface area contributed by atoms with Crippen molar-refractivity contribution in [1.29, 1.82) is 0 Å². The summed E-state index contributed by atoms with van der Waals surface area (Å²) in [5, 5.41) is 32.7. The third-order valence-corrected chi connectivity index (χ3v) is 18.0. The number of hydrogen-bond acceptors (Lipinski definition) is 9. The van der Waals surface area contributed by atoms with E-state index in [1.54, 1.807) is 12.2 Å². The summed E-state index contributed by atoms with van der Waals surface area (Å²) in [4.78, 5) is 48.7. The van der Waals surface area contributed by atoms with E-state index in [2.05, 4.69) is 26.8 Å². The van der Waals surface area contributed by atoms with Crippen LogP contribution in [0.5, 0.6) is 5.75 Å². The molecule has 0 spiro atoms. The maximum atomic E-state index is 12.9. The number of aryl methyl sites for hydroxylation is 1. The average Bonchev–Trinajstić information content (AvgIpc) is 3.90. The van der Waals surface area contributed by atoms with E-state index in [1.165, 1.54) is 63.0 Å². The molecule has 0 saturated heterocycles. The van der Waals surface area contributed by atoms with E-state index in [-0.39, 0.29) is 46.9 Å². The lowest BCUT2D eigenvalue weighted by atomic mass is 9.45. The van der Waals surface area contributed by atoms with Crippen LogP contribution in [-0.4, -0.2) is 63.2 Å². The second kappa shape index (κ2) is 15.9. The second-order valence-electron chi connectivity index (χ2n) is 20.9. The molecule has 0 bridgehead atoms. The van der Waals surface area contributed by atoms with Crippen LogP contribution in [0, 0.1) is 57.7 Å². The summed E-state index contributed by atoms with van der Waals surface area (Å²) >= 11 is 0. The van der Waals surface area contributed by atoms with Crippen molar-refractivity contribution < 1.29 is 44.0 Å². The highest BCUT2D eigenvalue weighted by atomic mass is 16.5. The fraction of sp³-hybridized carbons (Fsp3) is 0.720. The van der Waals surface area contributed by atoms with Gasteiger partial charge in [-0.2, -0.15) is 0 Å². The Labute approximate surface area is 350 Å². The number of Topliss-reactive ketones (excluding diaryl/α,β-unsaturated/α-hetero) is 1. The molecule has 0 heterocycles. The quantitative estimate of drug-likeness (QED) is 0.231. The van der Waals surface area contributed by atoms with Gasteiger partial charge in [-0.3, -0.25) is 19.2 Å². The lowest BCUT2D eigenvalue weighted by molar-refractivity contribution is -0.182. The Morgan fingerprint density at radius 3 is 2.44 bits per heavy atom. The van der Waals surface area contributed by atoms with Crippen molar-refractivity contribution in [2.24, 2.45) is 57.7 Å². The Morgan fingerprint density at radius 1 is 0.932 bits per heavy atom. The number of ether oxygens (including phenoxy) is 2. The first-order valence-electron chi connectivity index (χ1n) is 23.0. The Balaban J connectivity index is 0.000000164. The number of benzene rings is 1. The standard InChI is InChI=1S/C26H36O3.C24H32O6/c1-26-15-14-21-20-10-8-19(27)16-18(20)7-9-22(21)23(26)11-12-24(26)29-25(28)13-6-17-4-2-3-5-17;1-13-9-16-17-6-8-24(29,20(28)12-30-14(2)25)23(17,4)11-19(27)21(16)22(3)7-5-15(26)10-18(13)22/h8,10,16-17,21-24,27H,2-7,9,11-15H2,1H3;5,7,10,13,16-17,19,21,27,29H,6,8-9,11-12H2,1-4H3/t21-,22-,23+,24+,26+;13-,16-,17-,19-,21+,22-,23-,24-/m10/s1. The van der Waals surface area contributed by atoms with Gasteiger partial charge in [0.1, 0.15) is 17.5 Å². The van der Waals surface area contributed by atoms with Gasteiger partial charge in [0.25, 0.3) is 0 Å². The van der Waals surface area contributed by atoms with Crippen LogP contribution < -0.4 is 0 Å². The highest BCUT2D eigenvalue weighted by Gasteiger charge is 2.68. The lowest BCUT2D eigenvalue weighted by Gasteiger charge is -2.60. The van der Waals surface area contributed by atoms with E-state index in [1.807, 2.05) is 25.1 Å². The summed E-state index contributed by atoms with van der Waals surface area (Å²) in [6.07, 6.45) is 20.6. The fourth-order valence-corrected chi connectivity index (χ4v) is 15.1. The zero-order chi connectivity index (χ0) is 42.1. The molecule has 322 valence electrons. The first kappa shape index (κ1) is 42.4. The number of aliphatic hydroxyl groups is 2. The maximum absolute atomic E-state index is 12.9. The molecule has 0 radical (unpaired) electrons. The molecular formula is C50H68O9. The molecule has 0 aliphatic heterocycles. The van der Waals surface area contributed by atoms with Crippen molar-refractivity contribution in [3.63, 3.8) is 0 Å². The van der Waals surface area contributed by atoms with Gasteiger partial charge in [-0.15, -0.1) is 0 Å². The number of aromatic hydroxyl groups is 1. The van der Waals surface area contributed by atoms with Crippen molar-refractivity contribution in [2.45, 2.75) is 161 Å². The zero-order valence-corrected chi connectivity index (χ0v) is 36.0. The van der Waals surface area contributed by atoms with Gasteiger partial charge in [0.05, 0.1) is 6.10 Å². The van der Waals surface area contributed by atoms with Crippen LogP contribution in [0.4, 0.5) is 0 Å². The number of hydrogen-bond donors (Lipinski definition) is 3. The second-order valence-corrected chi connectivity index (χ2v) is 20.9. The van der Waals surface area contributed by atoms with E-state index in [0.717, 1.165) is 43.6 Å². The number of phenolic OH excluding ortho intramolecular Hbond substituents is 1. The molecule has 1 aromatic rings. The molecule has 13 atom stereocenters. The predicted octanol–water partition coefficient (Wildman–Crippen LogP) is 8.50. The molecule has 0 amide bonds. The van der Waals surface area contributed by atoms with Crippen molar-refractivity contribution in [2.75, 3.05) is 6.61 Å². The van der Waals surface area contributed by atoms with Crippen LogP contribution in [0.15, 0.2) is 42.0 Å². The number of esters is 2. The van der Waals surface area contributed by atoms with E-state index >= 15 is 0 Å². The minimum absolute atomic E-state index is 0.00535. The van der Waals surface area contributed by atoms with E-state index in [0.29, 0.717) is 49.2 Å². The SMILES string of the molecule is CC(=O)OCC(=O)[C@@]1(O)CC[C@H]2[C@@H]3C[C@H](C)C4=CC(=O)C=C[C@]4(C)[C@H]3[C@@H](O)C[C@@]21C.C[C@]12CC[C@@H]3c4ccc(O)cc4CC[C@H]3[C@@H]1CC[C@@H]2OC(=O)CCC1CCCC1. The molecule has 9 rings (SSSR count). The number of ketones is 2. The lowest BCUT2D eigenvalue weighted by Crippen LogP contribution is -2.62. The molecule has 0 aromatic heterocycles. The summed E-state index contributed by atoms with van der Waals surface area (Å²) in [7, 11) is 0. The molecule has 3 N–H and O–H groups in total. The zero-order valence-electron chi connectivity index (χ0n) is 36.0. The number of rotatable bonds is 7. The van der Waals surface area contributed by atoms with Crippen LogP contribution in [0.3, 0.4) is 0 Å². The minimum Gasteiger partial charge on any atom is -0.508 e. The number of carbonyl (C=O) groups excluding carboxylic acids is 4. The highest BCUT2D eigenvalue weighted by molar-refractivity contribution is 6.01. The van der Waals surface area contributed by atoms with Crippen molar-refractivity contribution in [3.05, 3.63) is 53.1 Å². The van der Waals surface area contributed by atoms with Gasteiger partial charge in [0.15, 0.2) is 12.4 Å². The van der Waals surface area contributed by atoms with Gasteiger partial charge >= 0.3 is 11.9 Å². The van der Waals surface area contributed by atoms with Crippen LogP contribution in [0.2, 0.25) is 0 Å². The van der Waals surface area contributed by atoms with Gasteiger partial charge < -0.3 is 24.8 Å². The van der Waals surface area contributed by atoms with Gasteiger partial charge in [0, 0.05) is 35.5 Å². The molecule has 8 aliphatic rings. The third-order valence-electron chi connectivity index (χ3n) is 18.0. The molecule has 8 aliphatic carbocycles. The summed E-state index contributed by atoms with van der Waals surface area (Å²) < 4.78 is 11.0. The first-order valence-corrected chi connectivity index (χ1v) is 23.0. The Morgan fingerprint density at radius 2 is 1.69 bits per heavy atom. The number of allylic oxidation sites excluding steroid dienone is 4. The highest BCUT2D eigenvalue weighted by Crippen LogP contribution is 2.68. The largest absolute Gasteiger partial charge is 0.508 e. The summed E-state index contributed by atoms with van der Waals surface area (Å²) in [6, 6.07) is 6.00. The van der Waals surface area contributed by atoms with Crippen LogP contribution >= 0.6 is 0 Å². The molecule has 9 heteroatoms. The third kappa shape index (κ3) is 7.26. The minimum atomic E-state index is -1.61. The number of aliphatic hydroxyl groups excluding tert-OH is 1. The summed E-state index contributed by atoms with van der Waals surface area (Å²) in [5.74, 6) is 2.48. The van der Waals surface area contributed by atoms with Crippen LogP contribution in [0.25, 0.3) is 0 Å².